The highest BCUT2D eigenvalue weighted by Gasteiger charge is 2.25. The van der Waals surface area contributed by atoms with Gasteiger partial charge in [-0.05, 0) is 24.8 Å². The van der Waals surface area contributed by atoms with Crippen LogP contribution in [0.1, 0.15) is 37.7 Å². The minimum Gasteiger partial charge on any atom is -0.212 e. The molecule has 112 valence electrons. The van der Waals surface area contributed by atoms with Gasteiger partial charge in [0.1, 0.15) is 0 Å². The van der Waals surface area contributed by atoms with Gasteiger partial charge in [-0.2, -0.15) is 0 Å². The highest BCUT2D eigenvalue weighted by atomic mass is 79.9. The summed E-state index contributed by atoms with van der Waals surface area (Å²) in [6, 6.07) is 9.79. The molecule has 2 unspecified atom stereocenters. The zero-order valence-electron chi connectivity index (χ0n) is 11.6. The summed E-state index contributed by atoms with van der Waals surface area (Å²) in [6.45, 7) is 0. The summed E-state index contributed by atoms with van der Waals surface area (Å²) in [5.41, 5.74) is 1.06. The summed E-state index contributed by atoms with van der Waals surface area (Å²) in [6.07, 6.45) is 6.03. The lowest BCUT2D eigenvalue weighted by molar-refractivity contribution is 0.520. The maximum atomic E-state index is 12.2. The van der Waals surface area contributed by atoms with Crippen LogP contribution in [0.5, 0.6) is 0 Å². The minimum atomic E-state index is -3.21. The van der Waals surface area contributed by atoms with Gasteiger partial charge < -0.3 is 0 Å². The first-order valence-corrected chi connectivity index (χ1v) is 9.82. The van der Waals surface area contributed by atoms with E-state index in [9.17, 15) is 8.42 Å². The van der Waals surface area contributed by atoms with E-state index < -0.39 is 10.0 Å². The van der Waals surface area contributed by atoms with Gasteiger partial charge >= 0.3 is 0 Å². The highest BCUT2D eigenvalue weighted by Crippen LogP contribution is 2.24. The Morgan fingerprint density at radius 3 is 2.55 bits per heavy atom. The van der Waals surface area contributed by atoms with Gasteiger partial charge in [0.25, 0.3) is 0 Å². The van der Waals surface area contributed by atoms with Crippen LogP contribution in [0.15, 0.2) is 30.3 Å². The molecule has 5 heteroatoms. The van der Waals surface area contributed by atoms with Crippen molar-refractivity contribution in [1.82, 2.24) is 4.72 Å². The summed E-state index contributed by atoms with van der Waals surface area (Å²) < 4.78 is 27.3. The van der Waals surface area contributed by atoms with Gasteiger partial charge in [0, 0.05) is 10.9 Å². The van der Waals surface area contributed by atoms with Crippen LogP contribution >= 0.6 is 15.9 Å². The van der Waals surface area contributed by atoms with Crippen molar-refractivity contribution in [2.45, 2.75) is 49.4 Å². The van der Waals surface area contributed by atoms with E-state index in [2.05, 4.69) is 20.7 Å². The Bertz CT molecular complexity index is 504. The van der Waals surface area contributed by atoms with Crippen LogP contribution in [0, 0.1) is 0 Å². The Morgan fingerprint density at radius 2 is 1.80 bits per heavy atom. The molecule has 0 amide bonds. The van der Waals surface area contributed by atoms with Crippen LogP contribution in [0.4, 0.5) is 0 Å². The van der Waals surface area contributed by atoms with E-state index in [0.29, 0.717) is 6.42 Å². The van der Waals surface area contributed by atoms with Crippen LogP contribution < -0.4 is 4.72 Å². The molecule has 1 aromatic rings. The molecule has 2 rings (SSSR count). The number of nitrogens with one attached hydrogen (secondary N) is 1. The number of alkyl halides is 1. The van der Waals surface area contributed by atoms with Crippen molar-refractivity contribution in [2.75, 3.05) is 5.75 Å². The zero-order valence-corrected chi connectivity index (χ0v) is 14.0. The maximum absolute atomic E-state index is 12.2. The molecule has 1 aliphatic carbocycles. The number of sulfonamides is 1. The molecule has 0 heterocycles. The molecular formula is C15H22BrNO2S. The van der Waals surface area contributed by atoms with Crippen LogP contribution in [-0.2, 0) is 16.4 Å². The predicted molar refractivity (Wildman–Crippen MR) is 86.7 cm³/mol. The molecule has 1 N–H and O–H groups in total. The molecule has 1 fully saturated rings. The Balaban J connectivity index is 1.89. The average molecular weight is 360 g/mol. The van der Waals surface area contributed by atoms with Crippen molar-refractivity contribution >= 4 is 26.0 Å². The van der Waals surface area contributed by atoms with Gasteiger partial charge in [-0.25, -0.2) is 13.1 Å². The van der Waals surface area contributed by atoms with Gasteiger partial charge in [-0.15, -0.1) is 0 Å². The molecule has 0 radical (unpaired) electrons. The fourth-order valence-corrected chi connectivity index (χ4v) is 4.84. The van der Waals surface area contributed by atoms with Gasteiger partial charge in [0.05, 0.1) is 5.75 Å². The third-order valence-electron chi connectivity index (χ3n) is 3.76. The number of halogens is 1. The molecule has 2 atom stereocenters. The van der Waals surface area contributed by atoms with E-state index >= 15 is 0 Å². The summed E-state index contributed by atoms with van der Waals surface area (Å²) in [5.74, 6) is 0.160. The summed E-state index contributed by atoms with van der Waals surface area (Å²) in [4.78, 5) is 0.261. The molecule has 0 saturated heterocycles. The molecule has 0 spiro atoms. The lowest BCUT2D eigenvalue weighted by Crippen LogP contribution is -2.41. The van der Waals surface area contributed by atoms with Crippen LogP contribution in [-0.4, -0.2) is 25.0 Å². The lowest BCUT2D eigenvalue weighted by Gasteiger charge is -2.21. The fourth-order valence-electron chi connectivity index (χ4n) is 2.58. The Morgan fingerprint density at radius 1 is 1.10 bits per heavy atom. The molecule has 1 saturated carbocycles. The van der Waals surface area contributed by atoms with Crippen LogP contribution in [0.3, 0.4) is 0 Å². The fraction of sp³-hybridized carbons (Fsp3) is 0.600. The van der Waals surface area contributed by atoms with E-state index in [-0.39, 0.29) is 16.6 Å². The second-order valence-electron chi connectivity index (χ2n) is 5.43. The number of benzene rings is 1. The van der Waals surface area contributed by atoms with Gasteiger partial charge in [-0.1, -0.05) is 65.5 Å². The predicted octanol–water partition coefficient (Wildman–Crippen LogP) is 3.24. The third-order valence-corrected chi connectivity index (χ3v) is 6.26. The molecule has 1 aromatic carbocycles. The molecule has 0 aliphatic heterocycles. The Hall–Kier alpha value is -0.390. The molecule has 3 nitrogen and oxygen atoms in total. The average Bonchev–Trinajstić information content (AvgIpc) is 2.63. The molecular weight excluding hydrogens is 338 g/mol. The summed E-state index contributed by atoms with van der Waals surface area (Å²) >= 11 is 3.63. The lowest BCUT2D eigenvalue weighted by atomic mass is 10.1. The summed E-state index contributed by atoms with van der Waals surface area (Å²) in [7, 11) is -3.21. The second-order valence-corrected chi connectivity index (χ2v) is 8.48. The quantitative estimate of drug-likeness (QED) is 0.647. The monoisotopic (exact) mass is 359 g/mol. The number of rotatable bonds is 5. The Labute approximate surface area is 130 Å². The van der Waals surface area contributed by atoms with E-state index in [4.69, 9.17) is 0 Å². The van der Waals surface area contributed by atoms with Crippen molar-refractivity contribution in [1.29, 1.82) is 0 Å². The molecule has 20 heavy (non-hydrogen) atoms. The number of hydrogen-bond acceptors (Lipinski definition) is 2. The van der Waals surface area contributed by atoms with Crippen molar-refractivity contribution in [3.05, 3.63) is 35.9 Å². The number of hydrogen-bond donors (Lipinski definition) is 1. The third kappa shape index (κ3) is 5.19. The van der Waals surface area contributed by atoms with Crippen LogP contribution in [0.25, 0.3) is 0 Å². The first kappa shape index (κ1) is 16.0. The van der Waals surface area contributed by atoms with Crippen molar-refractivity contribution < 1.29 is 8.42 Å². The zero-order chi connectivity index (χ0) is 14.4. The van der Waals surface area contributed by atoms with Crippen molar-refractivity contribution in [3.8, 4) is 0 Å². The highest BCUT2D eigenvalue weighted by molar-refractivity contribution is 9.09. The minimum absolute atomic E-state index is 0.0401. The maximum Gasteiger partial charge on any atom is 0.212 e. The van der Waals surface area contributed by atoms with Gasteiger partial charge in [0.15, 0.2) is 0 Å². The van der Waals surface area contributed by atoms with Crippen LogP contribution in [0.2, 0.25) is 0 Å². The van der Waals surface area contributed by atoms with E-state index in [1.165, 1.54) is 12.8 Å². The van der Waals surface area contributed by atoms with Crippen molar-refractivity contribution in [2.24, 2.45) is 0 Å². The molecule has 0 aromatic heterocycles. The largest absolute Gasteiger partial charge is 0.212 e. The first-order chi connectivity index (χ1) is 9.57. The van der Waals surface area contributed by atoms with E-state index in [0.717, 1.165) is 24.8 Å². The molecule has 1 aliphatic rings. The smallest absolute Gasteiger partial charge is 0.212 e. The number of aryl methyl sites for hydroxylation is 1. The topological polar surface area (TPSA) is 46.2 Å². The van der Waals surface area contributed by atoms with Gasteiger partial charge in [-0.3, -0.25) is 0 Å². The molecule has 0 bridgehead atoms. The van der Waals surface area contributed by atoms with E-state index in [1.807, 2.05) is 30.3 Å². The SMILES string of the molecule is O=S(=O)(CCc1ccccc1)NC1CCCCCC1Br. The van der Waals surface area contributed by atoms with Crippen molar-refractivity contribution in [3.63, 3.8) is 0 Å². The standard InChI is InChI=1S/C15H22BrNO2S/c16-14-9-5-2-6-10-15(14)17-20(18,19)12-11-13-7-3-1-4-8-13/h1,3-4,7-8,14-15,17H,2,5-6,9-12H2. The summed E-state index contributed by atoms with van der Waals surface area (Å²) in [5, 5.41) is 0. The van der Waals surface area contributed by atoms with Gasteiger partial charge in [0.2, 0.25) is 10.0 Å². The van der Waals surface area contributed by atoms with E-state index in [1.54, 1.807) is 0 Å². The normalized spacial score (nSPS) is 24.2. The second kappa shape index (κ2) is 7.57. The Kier molecular flexibility index (Phi) is 6.05. The first-order valence-electron chi connectivity index (χ1n) is 7.25.